The van der Waals surface area contributed by atoms with Crippen molar-refractivity contribution in [2.75, 3.05) is 11.1 Å². The summed E-state index contributed by atoms with van der Waals surface area (Å²) < 4.78 is 39.3. The van der Waals surface area contributed by atoms with E-state index in [9.17, 15) is 13.2 Å². The van der Waals surface area contributed by atoms with Crippen LogP contribution in [0.1, 0.15) is 55.4 Å². The molecule has 0 aliphatic carbocycles. The molecule has 5 nitrogen and oxygen atoms in total. The van der Waals surface area contributed by atoms with Gasteiger partial charge in [-0.15, -0.1) is 0 Å². The Morgan fingerprint density at radius 1 is 1.04 bits per heavy atom. The Kier molecular flexibility index (Phi) is 5.14. The fourth-order valence-electron chi connectivity index (χ4n) is 2.97. The molecule has 3 aromatic rings. The van der Waals surface area contributed by atoms with E-state index >= 15 is 0 Å². The number of halogens is 3. The number of alkyl halides is 3. The molecule has 0 saturated carbocycles. The SMILES string of the molecule is Cc1nc(N[C@H](C)c2cc(N)cc(C(F)(F)F)c2)c2cc(C(C)C)ncc2n1. The van der Waals surface area contributed by atoms with Crippen LogP contribution in [0.2, 0.25) is 0 Å². The number of benzene rings is 1. The molecule has 3 rings (SSSR count). The van der Waals surface area contributed by atoms with Crippen LogP contribution in [-0.2, 0) is 6.18 Å². The van der Waals surface area contributed by atoms with E-state index in [0.29, 0.717) is 22.7 Å². The highest BCUT2D eigenvalue weighted by molar-refractivity contribution is 5.89. The quantitative estimate of drug-likeness (QED) is 0.598. The number of nitrogens with two attached hydrogens (primary N) is 1. The summed E-state index contributed by atoms with van der Waals surface area (Å²) in [5.74, 6) is 1.32. The first-order valence-corrected chi connectivity index (χ1v) is 8.93. The van der Waals surface area contributed by atoms with Gasteiger partial charge in [-0.3, -0.25) is 4.98 Å². The normalized spacial score (nSPS) is 13.1. The number of fused-ring (bicyclic) bond motifs is 1. The van der Waals surface area contributed by atoms with Crippen molar-refractivity contribution in [3.05, 3.63) is 53.1 Å². The van der Waals surface area contributed by atoms with Gasteiger partial charge < -0.3 is 11.1 Å². The first-order chi connectivity index (χ1) is 13.0. The number of hydrogen-bond donors (Lipinski definition) is 2. The molecular formula is C20H22F3N5. The van der Waals surface area contributed by atoms with Crippen LogP contribution in [0.5, 0.6) is 0 Å². The van der Waals surface area contributed by atoms with Crippen molar-refractivity contribution < 1.29 is 13.2 Å². The summed E-state index contributed by atoms with van der Waals surface area (Å²) in [6.07, 6.45) is -2.77. The minimum absolute atomic E-state index is 0.0634. The summed E-state index contributed by atoms with van der Waals surface area (Å²) in [5.41, 5.74) is 6.97. The van der Waals surface area contributed by atoms with Crippen LogP contribution in [0.3, 0.4) is 0 Å². The number of aromatic nitrogens is 3. The number of aryl methyl sites for hydroxylation is 1. The van der Waals surface area contributed by atoms with Crippen LogP contribution >= 0.6 is 0 Å². The molecule has 148 valence electrons. The second kappa shape index (κ2) is 7.26. The van der Waals surface area contributed by atoms with Gasteiger partial charge in [0, 0.05) is 16.8 Å². The van der Waals surface area contributed by atoms with E-state index in [1.165, 1.54) is 6.07 Å². The Morgan fingerprint density at radius 3 is 2.39 bits per heavy atom. The lowest BCUT2D eigenvalue weighted by atomic mass is 10.0. The fraction of sp³-hybridized carbons (Fsp3) is 0.350. The molecular weight excluding hydrogens is 367 g/mol. The molecule has 0 aliphatic heterocycles. The molecule has 28 heavy (non-hydrogen) atoms. The number of anilines is 2. The lowest BCUT2D eigenvalue weighted by Gasteiger charge is -2.19. The largest absolute Gasteiger partial charge is 0.416 e. The molecule has 0 unspecified atom stereocenters. The molecule has 1 aromatic carbocycles. The number of pyridine rings is 1. The minimum Gasteiger partial charge on any atom is -0.399 e. The molecule has 0 amide bonds. The molecule has 0 bridgehead atoms. The third-order valence-corrected chi connectivity index (χ3v) is 4.46. The van der Waals surface area contributed by atoms with E-state index in [4.69, 9.17) is 5.73 Å². The Morgan fingerprint density at radius 2 is 1.75 bits per heavy atom. The predicted molar refractivity (Wildman–Crippen MR) is 104 cm³/mol. The van der Waals surface area contributed by atoms with Crippen LogP contribution in [0.25, 0.3) is 10.9 Å². The van der Waals surface area contributed by atoms with Gasteiger partial charge in [0.2, 0.25) is 0 Å². The molecule has 8 heteroatoms. The van der Waals surface area contributed by atoms with Crippen LogP contribution in [-0.4, -0.2) is 15.0 Å². The summed E-state index contributed by atoms with van der Waals surface area (Å²) in [7, 11) is 0. The van der Waals surface area contributed by atoms with Crippen molar-refractivity contribution in [1.82, 2.24) is 15.0 Å². The first kappa shape index (κ1) is 19.9. The van der Waals surface area contributed by atoms with Gasteiger partial charge >= 0.3 is 6.18 Å². The zero-order valence-corrected chi connectivity index (χ0v) is 16.1. The third kappa shape index (κ3) is 4.16. The standard InChI is InChI=1S/C20H22F3N5/c1-10(2)17-8-16-18(9-25-17)27-12(4)28-19(16)26-11(3)13-5-14(20(21,22)23)7-15(24)6-13/h5-11H,24H2,1-4H3,(H,26,27,28)/t11-/m1/s1. The van der Waals surface area contributed by atoms with Gasteiger partial charge in [-0.2, -0.15) is 13.2 Å². The second-order valence-corrected chi connectivity index (χ2v) is 7.15. The van der Waals surface area contributed by atoms with E-state index in [2.05, 4.69) is 20.3 Å². The maximum atomic E-state index is 13.1. The number of nitrogens with one attached hydrogen (secondary N) is 1. The van der Waals surface area contributed by atoms with E-state index < -0.39 is 17.8 Å². The van der Waals surface area contributed by atoms with Gasteiger partial charge in [0.25, 0.3) is 0 Å². The van der Waals surface area contributed by atoms with Gasteiger partial charge in [0.05, 0.1) is 23.3 Å². The van der Waals surface area contributed by atoms with Crippen LogP contribution in [0, 0.1) is 6.92 Å². The summed E-state index contributed by atoms with van der Waals surface area (Å²) >= 11 is 0. The summed E-state index contributed by atoms with van der Waals surface area (Å²) in [6, 6.07) is 5.03. The Balaban J connectivity index is 2.02. The van der Waals surface area contributed by atoms with Crippen molar-refractivity contribution in [2.24, 2.45) is 0 Å². The molecule has 2 aromatic heterocycles. The molecule has 0 aliphatic rings. The van der Waals surface area contributed by atoms with Gasteiger partial charge in [-0.1, -0.05) is 13.8 Å². The smallest absolute Gasteiger partial charge is 0.399 e. The van der Waals surface area contributed by atoms with E-state index in [0.717, 1.165) is 23.2 Å². The lowest BCUT2D eigenvalue weighted by Crippen LogP contribution is -2.13. The topological polar surface area (TPSA) is 76.7 Å². The van der Waals surface area contributed by atoms with Crippen molar-refractivity contribution >= 4 is 22.4 Å². The van der Waals surface area contributed by atoms with Crippen molar-refractivity contribution in [1.29, 1.82) is 0 Å². The number of nitrogen functional groups attached to an aromatic ring is 1. The molecule has 1 atom stereocenters. The number of hydrogen-bond acceptors (Lipinski definition) is 5. The summed E-state index contributed by atoms with van der Waals surface area (Å²) in [4.78, 5) is 13.3. The zero-order chi connectivity index (χ0) is 20.6. The van der Waals surface area contributed by atoms with E-state index in [1.807, 2.05) is 19.9 Å². The van der Waals surface area contributed by atoms with Gasteiger partial charge in [-0.05, 0) is 49.6 Å². The van der Waals surface area contributed by atoms with Gasteiger partial charge in [-0.25, -0.2) is 9.97 Å². The average Bonchev–Trinajstić information content (AvgIpc) is 2.59. The molecule has 0 saturated heterocycles. The third-order valence-electron chi connectivity index (χ3n) is 4.46. The maximum absolute atomic E-state index is 13.1. The molecule has 0 radical (unpaired) electrons. The molecule has 0 spiro atoms. The monoisotopic (exact) mass is 389 g/mol. The Hall–Kier alpha value is -2.90. The first-order valence-electron chi connectivity index (χ1n) is 8.93. The van der Waals surface area contributed by atoms with Crippen LogP contribution < -0.4 is 11.1 Å². The van der Waals surface area contributed by atoms with Crippen molar-refractivity contribution in [2.45, 2.75) is 45.8 Å². The highest BCUT2D eigenvalue weighted by Gasteiger charge is 2.31. The number of nitrogens with zero attached hydrogens (tertiary/aromatic N) is 3. The van der Waals surface area contributed by atoms with Gasteiger partial charge in [0.1, 0.15) is 11.6 Å². The molecule has 0 fully saturated rings. The highest BCUT2D eigenvalue weighted by Crippen LogP contribution is 2.34. The van der Waals surface area contributed by atoms with E-state index in [-0.39, 0.29) is 11.6 Å². The summed E-state index contributed by atoms with van der Waals surface area (Å²) in [5, 5.41) is 3.99. The highest BCUT2D eigenvalue weighted by atomic mass is 19.4. The molecule has 3 N–H and O–H groups in total. The average molecular weight is 389 g/mol. The van der Waals surface area contributed by atoms with Crippen LogP contribution in [0.4, 0.5) is 24.7 Å². The van der Waals surface area contributed by atoms with Crippen LogP contribution in [0.15, 0.2) is 30.5 Å². The second-order valence-electron chi connectivity index (χ2n) is 7.15. The Labute approximate surface area is 161 Å². The maximum Gasteiger partial charge on any atom is 0.416 e. The Bertz CT molecular complexity index is 1010. The predicted octanol–water partition coefficient (Wildman–Crippen LogP) is 5.23. The number of rotatable bonds is 4. The fourth-order valence-corrected chi connectivity index (χ4v) is 2.97. The minimum atomic E-state index is -4.46. The molecule has 2 heterocycles. The van der Waals surface area contributed by atoms with Crippen molar-refractivity contribution in [3.8, 4) is 0 Å². The summed E-state index contributed by atoms with van der Waals surface area (Å²) in [6.45, 7) is 7.59. The van der Waals surface area contributed by atoms with Crippen molar-refractivity contribution in [3.63, 3.8) is 0 Å². The van der Waals surface area contributed by atoms with E-state index in [1.54, 1.807) is 20.0 Å². The van der Waals surface area contributed by atoms with Gasteiger partial charge in [0.15, 0.2) is 0 Å². The zero-order valence-electron chi connectivity index (χ0n) is 16.1. The lowest BCUT2D eigenvalue weighted by molar-refractivity contribution is -0.137.